The molecule has 1 aromatic carbocycles. The van der Waals surface area contributed by atoms with Gasteiger partial charge in [0.05, 0.1) is 0 Å². The van der Waals surface area contributed by atoms with E-state index in [1.54, 1.807) is 0 Å². The standard InChI is InChI=1S/C24H35BrO3S/c25-23-20(17-10-4-1-5-11-17)16-21(18-12-6-2-7-13-18)24(29(26,27)28)22(23)19-14-8-3-9-15-19/h16-19H,1-15H2,(H,26,27,28). The van der Waals surface area contributed by atoms with Crippen molar-refractivity contribution in [3.63, 3.8) is 0 Å². The molecule has 162 valence electrons. The molecule has 29 heavy (non-hydrogen) atoms. The maximum atomic E-state index is 12.7. The van der Waals surface area contributed by atoms with Gasteiger partial charge < -0.3 is 0 Å². The van der Waals surface area contributed by atoms with Crippen molar-refractivity contribution < 1.29 is 13.0 Å². The maximum absolute atomic E-state index is 12.7. The molecule has 0 aromatic heterocycles. The van der Waals surface area contributed by atoms with Gasteiger partial charge in [-0.15, -0.1) is 0 Å². The Kier molecular flexibility index (Phi) is 7.07. The summed E-state index contributed by atoms with van der Waals surface area (Å²) in [6, 6.07) is 2.19. The van der Waals surface area contributed by atoms with Crippen molar-refractivity contribution in [1.82, 2.24) is 0 Å². The Labute approximate surface area is 184 Å². The molecule has 1 N–H and O–H groups in total. The number of halogens is 1. The van der Waals surface area contributed by atoms with Gasteiger partial charge in [0, 0.05) is 4.47 Å². The number of benzene rings is 1. The minimum absolute atomic E-state index is 0.237. The van der Waals surface area contributed by atoms with E-state index in [1.165, 1.54) is 50.5 Å². The zero-order valence-corrected chi connectivity index (χ0v) is 19.9. The minimum Gasteiger partial charge on any atom is -0.282 e. The topological polar surface area (TPSA) is 54.4 Å². The Bertz CT molecular complexity index is 815. The lowest BCUT2D eigenvalue weighted by molar-refractivity contribution is 0.412. The second kappa shape index (κ2) is 9.40. The highest BCUT2D eigenvalue weighted by atomic mass is 79.9. The van der Waals surface area contributed by atoms with Crippen LogP contribution in [0.5, 0.6) is 0 Å². The van der Waals surface area contributed by atoms with Crippen molar-refractivity contribution in [3.8, 4) is 0 Å². The van der Waals surface area contributed by atoms with Gasteiger partial charge in [-0.25, -0.2) is 0 Å². The molecule has 3 fully saturated rings. The van der Waals surface area contributed by atoms with E-state index < -0.39 is 10.1 Å². The van der Waals surface area contributed by atoms with Gasteiger partial charge in [-0.1, -0.05) is 79.8 Å². The maximum Gasteiger partial charge on any atom is 0.295 e. The fourth-order valence-electron chi connectivity index (χ4n) is 6.18. The first-order valence-corrected chi connectivity index (χ1v) is 14.0. The van der Waals surface area contributed by atoms with Crippen LogP contribution in [0.1, 0.15) is 131 Å². The van der Waals surface area contributed by atoms with E-state index >= 15 is 0 Å². The van der Waals surface area contributed by atoms with E-state index in [9.17, 15) is 13.0 Å². The summed E-state index contributed by atoms with van der Waals surface area (Å²) in [4.78, 5) is 0.266. The molecule has 3 aliphatic rings. The summed E-state index contributed by atoms with van der Waals surface area (Å²) in [6.45, 7) is 0. The molecular weight excluding hydrogens is 448 g/mol. The van der Waals surface area contributed by atoms with Crippen molar-refractivity contribution >= 4 is 26.0 Å². The second-order valence-electron chi connectivity index (χ2n) is 9.59. The van der Waals surface area contributed by atoms with Gasteiger partial charge in [0.15, 0.2) is 0 Å². The Morgan fingerprint density at radius 1 is 0.690 bits per heavy atom. The molecule has 4 rings (SSSR count). The van der Waals surface area contributed by atoms with Crippen LogP contribution in [0.25, 0.3) is 0 Å². The summed E-state index contributed by atoms with van der Waals surface area (Å²) in [5.41, 5.74) is 3.16. The van der Waals surface area contributed by atoms with Crippen LogP contribution in [0.2, 0.25) is 0 Å². The van der Waals surface area contributed by atoms with Crippen LogP contribution in [0, 0.1) is 0 Å². The van der Waals surface area contributed by atoms with Gasteiger partial charge in [-0.3, -0.25) is 4.55 Å². The van der Waals surface area contributed by atoms with Crippen molar-refractivity contribution in [3.05, 3.63) is 27.2 Å². The van der Waals surface area contributed by atoms with Gasteiger partial charge in [-0.2, -0.15) is 8.42 Å². The number of rotatable bonds is 4. The fraction of sp³-hybridized carbons (Fsp3) is 0.750. The number of hydrogen-bond acceptors (Lipinski definition) is 2. The molecule has 5 heteroatoms. The van der Waals surface area contributed by atoms with E-state index in [4.69, 9.17) is 0 Å². The van der Waals surface area contributed by atoms with Crippen LogP contribution in [0.3, 0.4) is 0 Å². The summed E-state index contributed by atoms with van der Waals surface area (Å²) in [5, 5.41) is 0. The normalized spacial score (nSPS) is 23.4. The highest BCUT2D eigenvalue weighted by molar-refractivity contribution is 9.10. The Hall–Kier alpha value is -0.390. The third kappa shape index (κ3) is 4.77. The number of hydrogen-bond donors (Lipinski definition) is 1. The molecule has 0 bridgehead atoms. The lowest BCUT2D eigenvalue weighted by Gasteiger charge is -2.33. The molecule has 0 unspecified atom stereocenters. The van der Waals surface area contributed by atoms with Crippen molar-refractivity contribution in [1.29, 1.82) is 0 Å². The molecule has 3 saturated carbocycles. The van der Waals surface area contributed by atoms with Crippen LogP contribution in [-0.4, -0.2) is 13.0 Å². The van der Waals surface area contributed by atoms with E-state index in [-0.39, 0.29) is 16.7 Å². The first-order chi connectivity index (χ1) is 14.0. The molecule has 0 saturated heterocycles. The lowest BCUT2D eigenvalue weighted by Crippen LogP contribution is -2.19. The van der Waals surface area contributed by atoms with Gasteiger partial charge in [-0.05, 0) is 73.0 Å². The summed E-state index contributed by atoms with van der Waals surface area (Å²) in [6.07, 6.45) is 17.4. The Balaban J connectivity index is 1.91. The van der Waals surface area contributed by atoms with E-state index in [0.29, 0.717) is 5.92 Å². The monoisotopic (exact) mass is 482 g/mol. The van der Waals surface area contributed by atoms with E-state index in [2.05, 4.69) is 22.0 Å². The van der Waals surface area contributed by atoms with Gasteiger partial charge in [0.25, 0.3) is 10.1 Å². The molecule has 0 aliphatic heterocycles. The molecule has 0 atom stereocenters. The molecule has 0 amide bonds. The first-order valence-electron chi connectivity index (χ1n) is 11.8. The van der Waals surface area contributed by atoms with Crippen molar-refractivity contribution in [2.24, 2.45) is 0 Å². The zero-order valence-electron chi connectivity index (χ0n) is 17.5. The molecule has 0 heterocycles. The van der Waals surface area contributed by atoms with Gasteiger partial charge >= 0.3 is 0 Å². The van der Waals surface area contributed by atoms with E-state index in [1.807, 2.05) is 0 Å². The van der Waals surface area contributed by atoms with Gasteiger partial charge in [0.1, 0.15) is 4.90 Å². The summed E-state index contributed by atoms with van der Waals surface area (Å²) >= 11 is 3.88. The zero-order chi connectivity index (χ0) is 20.4. The molecular formula is C24H35BrO3S. The summed E-state index contributed by atoms with van der Waals surface area (Å²) in [5.74, 6) is 1.01. The molecule has 3 nitrogen and oxygen atoms in total. The first kappa shape index (κ1) is 21.8. The fourth-order valence-corrected chi connectivity index (χ4v) is 8.34. The summed E-state index contributed by atoms with van der Waals surface area (Å²) in [7, 11) is -4.26. The lowest BCUT2D eigenvalue weighted by atomic mass is 9.76. The van der Waals surface area contributed by atoms with Crippen LogP contribution < -0.4 is 0 Å². The largest absolute Gasteiger partial charge is 0.295 e. The quantitative estimate of drug-likeness (QED) is 0.444. The predicted octanol–water partition coefficient (Wildman–Crippen LogP) is 7.84. The van der Waals surface area contributed by atoms with Crippen LogP contribution in [0.4, 0.5) is 0 Å². The Morgan fingerprint density at radius 3 is 1.55 bits per heavy atom. The smallest absolute Gasteiger partial charge is 0.282 e. The highest BCUT2D eigenvalue weighted by Crippen LogP contribution is 2.49. The predicted molar refractivity (Wildman–Crippen MR) is 121 cm³/mol. The highest BCUT2D eigenvalue weighted by Gasteiger charge is 2.34. The summed E-state index contributed by atoms with van der Waals surface area (Å²) < 4.78 is 36.8. The van der Waals surface area contributed by atoms with Gasteiger partial charge in [0.2, 0.25) is 0 Å². The van der Waals surface area contributed by atoms with Crippen LogP contribution in [-0.2, 0) is 10.1 Å². The third-order valence-corrected chi connectivity index (χ3v) is 9.53. The van der Waals surface area contributed by atoms with Crippen molar-refractivity contribution in [2.75, 3.05) is 0 Å². The average molecular weight is 484 g/mol. The average Bonchev–Trinajstić information content (AvgIpc) is 2.74. The van der Waals surface area contributed by atoms with Crippen molar-refractivity contribution in [2.45, 2.75) is 119 Å². The van der Waals surface area contributed by atoms with E-state index in [0.717, 1.165) is 67.0 Å². The molecule has 0 spiro atoms. The van der Waals surface area contributed by atoms with Crippen LogP contribution >= 0.6 is 15.9 Å². The second-order valence-corrected chi connectivity index (χ2v) is 11.7. The molecule has 0 radical (unpaired) electrons. The minimum atomic E-state index is -4.26. The van der Waals surface area contributed by atoms with Crippen LogP contribution in [0.15, 0.2) is 15.4 Å². The molecule has 3 aliphatic carbocycles. The third-order valence-electron chi connectivity index (χ3n) is 7.67. The SMILES string of the molecule is O=S(=O)(O)c1c(C2CCCCC2)cc(C2CCCCC2)c(Br)c1C1CCCCC1. The molecule has 1 aromatic rings. The Morgan fingerprint density at radius 2 is 1.10 bits per heavy atom.